The maximum atomic E-state index is 12.2. The van der Waals surface area contributed by atoms with Crippen LogP contribution in [0.5, 0.6) is 0 Å². The van der Waals surface area contributed by atoms with E-state index < -0.39 is 11.6 Å². The zero-order valence-corrected chi connectivity index (χ0v) is 12.1. The fourth-order valence-corrected chi connectivity index (χ4v) is 2.62. The van der Waals surface area contributed by atoms with Crippen LogP contribution in [0.4, 0.5) is 0 Å². The van der Waals surface area contributed by atoms with Gasteiger partial charge in [0.05, 0.1) is 7.11 Å². The Labute approximate surface area is 131 Å². The quantitative estimate of drug-likeness (QED) is 0.370. The summed E-state index contributed by atoms with van der Waals surface area (Å²) in [5, 5.41) is 3.48. The number of azide groups is 1. The molecule has 0 saturated carbocycles. The number of hydrogen-bond donors (Lipinski definition) is 0. The van der Waals surface area contributed by atoms with Crippen molar-refractivity contribution in [1.29, 1.82) is 0 Å². The molecule has 0 bridgehead atoms. The first kappa shape index (κ1) is 14.6. The molecule has 1 aliphatic heterocycles. The van der Waals surface area contributed by atoms with Crippen LogP contribution >= 0.6 is 0 Å². The summed E-state index contributed by atoms with van der Waals surface area (Å²) in [6, 6.07) is 8.90. The van der Waals surface area contributed by atoms with Crippen LogP contribution < -0.4 is 0 Å². The second kappa shape index (κ2) is 5.47. The van der Waals surface area contributed by atoms with E-state index in [4.69, 9.17) is 15.0 Å². The first-order chi connectivity index (χ1) is 11.1. The Morgan fingerprint density at radius 2 is 2.00 bits per heavy atom. The number of benzene rings is 1. The molecule has 0 saturated heterocycles. The van der Waals surface area contributed by atoms with E-state index in [2.05, 4.69) is 10.0 Å². The number of ketones is 1. The van der Waals surface area contributed by atoms with Crippen molar-refractivity contribution < 1.29 is 19.1 Å². The van der Waals surface area contributed by atoms with Gasteiger partial charge in [0.25, 0.3) is 0 Å². The van der Waals surface area contributed by atoms with Crippen LogP contribution in [-0.2, 0) is 19.1 Å². The van der Waals surface area contributed by atoms with E-state index in [9.17, 15) is 9.59 Å². The third-order valence-corrected chi connectivity index (χ3v) is 3.58. The van der Waals surface area contributed by atoms with Gasteiger partial charge in [0, 0.05) is 16.6 Å². The van der Waals surface area contributed by atoms with Crippen LogP contribution in [0.2, 0.25) is 0 Å². The summed E-state index contributed by atoms with van der Waals surface area (Å²) in [6.07, 6.45) is 4.14. The highest BCUT2D eigenvalue weighted by molar-refractivity contribution is 6.10. The lowest BCUT2D eigenvalue weighted by molar-refractivity contribution is -0.141. The monoisotopic (exact) mass is 309 g/mol. The summed E-state index contributed by atoms with van der Waals surface area (Å²) in [7, 11) is 1.35. The number of ether oxygens (including phenoxy) is 2. The molecular weight excluding hydrogens is 298 g/mol. The fraction of sp³-hybridized carbons (Fsp3) is 0.125. The molecule has 7 heteroatoms. The highest BCUT2D eigenvalue weighted by Gasteiger charge is 2.47. The van der Waals surface area contributed by atoms with Crippen LogP contribution in [0.25, 0.3) is 16.0 Å². The van der Waals surface area contributed by atoms with Crippen molar-refractivity contribution in [3.05, 3.63) is 76.0 Å². The van der Waals surface area contributed by atoms with Crippen molar-refractivity contribution in [2.45, 2.75) is 5.60 Å². The lowest BCUT2D eigenvalue weighted by Crippen LogP contribution is -2.31. The Hall–Kier alpha value is -3.31. The molecule has 1 atom stereocenters. The Kier molecular flexibility index (Phi) is 3.48. The van der Waals surface area contributed by atoms with Gasteiger partial charge in [0.15, 0.2) is 11.4 Å². The lowest BCUT2D eigenvalue weighted by Gasteiger charge is -2.27. The van der Waals surface area contributed by atoms with E-state index in [1.54, 1.807) is 24.3 Å². The highest BCUT2D eigenvalue weighted by Crippen LogP contribution is 2.44. The molecule has 1 aromatic carbocycles. The molecule has 2 aliphatic rings. The third-order valence-electron chi connectivity index (χ3n) is 3.58. The maximum absolute atomic E-state index is 12.2. The molecule has 0 radical (unpaired) electrons. The molecule has 1 unspecified atom stereocenters. The van der Waals surface area contributed by atoms with Gasteiger partial charge >= 0.3 is 5.97 Å². The summed E-state index contributed by atoms with van der Waals surface area (Å²) in [6.45, 7) is 0. The van der Waals surface area contributed by atoms with Crippen LogP contribution in [0, 0.1) is 0 Å². The van der Waals surface area contributed by atoms with Crippen molar-refractivity contribution in [2.24, 2.45) is 5.11 Å². The first-order valence-corrected chi connectivity index (χ1v) is 6.70. The predicted molar refractivity (Wildman–Crippen MR) is 80.6 cm³/mol. The van der Waals surface area contributed by atoms with Crippen molar-refractivity contribution in [2.75, 3.05) is 7.11 Å². The average molecular weight is 309 g/mol. The van der Waals surface area contributed by atoms with E-state index >= 15 is 0 Å². The molecule has 3 rings (SSSR count). The molecule has 0 fully saturated rings. The highest BCUT2D eigenvalue weighted by atomic mass is 16.6. The Morgan fingerprint density at radius 3 is 2.65 bits per heavy atom. The van der Waals surface area contributed by atoms with E-state index in [1.807, 2.05) is 6.07 Å². The van der Waals surface area contributed by atoms with E-state index in [-0.39, 0.29) is 17.2 Å². The van der Waals surface area contributed by atoms with E-state index in [0.717, 1.165) is 0 Å². The zero-order chi connectivity index (χ0) is 16.4. The van der Waals surface area contributed by atoms with Crippen molar-refractivity contribution in [3.63, 3.8) is 0 Å². The Bertz CT molecular complexity index is 832. The molecule has 1 aromatic rings. The molecule has 1 heterocycles. The number of nitrogens with zero attached hydrogens (tertiary/aromatic N) is 3. The number of carbonyl (C=O) groups excluding carboxylic acids is 2. The smallest absolute Gasteiger partial charge is 0.342 e. The summed E-state index contributed by atoms with van der Waals surface area (Å²) in [4.78, 5) is 26.6. The third kappa shape index (κ3) is 2.29. The Morgan fingerprint density at radius 1 is 1.26 bits per heavy atom. The number of carbonyl (C=O) groups is 2. The van der Waals surface area contributed by atoms with Gasteiger partial charge in [-0.05, 0) is 23.2 Å². The lowest BCUT2D eigenvalue weighted by atomic mass is 9.84. The molecule has 1 aliphatic carbocycles. The minimum absolute atomic E-state index is 0.0518. The topological polar surface area (TPSA) is 101 Å². The van der Waals surface area contributed by atoms with Gasteiger partial charge in [-0.15, -0.1) is 0 Å². The molecule has 1 spiro atoms. The SMILES string of the molecule is COC1=CC2(C=CC1=O)OC(=O)C(N=[N+]=[N-])=C2c1ccccc1. The van der Waals surface area contributed by atoms with Crippen molar-refractivity contribution in [3.8, 4) is 0 Å². The van der Waals surface area contributed by atoms with E-state index in [0.29, 0.717) is 11.1 Å². The van der Waals surface area contributed by atoms with Crippen LogP contribution in [0.1, 0.15) is 5.56 Å². The predicted octanol–water partition coefficient (Wildman–Crippen LogP) is 2.67. The van der Waals surface area contributed by atoms with E-state index in [1.165, 1.54) is 25.3 Å². The number of methoxy groups -OCH3 is 1. The second-order valence-corrected chi connectivity index (χ2v) is 4.87. The number of hydrogen-bond acceptors (Lipinski definition) is 5. The summed E-state index contributed by atoms with van der Waals surface area (Å²) >= 11 is 0. The largest absolute Gasteiger partial charge is 0.493 e. The average Bonchev–Trinajstić information content (AvgIpc) is 2.83. The fourth-order valence-electron chi connectivity index (χ4n) is 2.62. The van der Waals surface area contributed by atoms with Gasteiger partial charge in [-0.3, -0.25) is 4.79 Å². The van der Waals surface area contributed by atoms with Gasteiger partial charge in [0.1, 0.15) is 5.70 Å². The van der Waals surface area contributed by atoms with Crippen LogP contribution in [0.15, 0.2) is 65.1 Å². The summed E-state index contributed by atoms with van der Waals surface area (Å²) < 4.78 is 10.5. The number of rotatable bonds is 3. The van der Waals surface area contributed by atoms with Gasteiger partial charge in [-0.1, -0.05) is 35.4 Å². The summed E-state index contributed by atoms with van der Waals surface area (Å²) in [5.41, 5.74) is 8.29. The van der Waals surface area contributed by atoms with Gasteiger partial charge < -0.3 is 9.47 Å². The zero-order valence-electron chi connectivity index (χ0n) is 12.1. The van der Waals surface area contributed by atoms with Crippen molar-refractivity contribution >= 4 is 17.3 Å². The molecule has 0 amide bonds. The number of allylic oxidation sites excluding steroid dienone is 1. The molecule has 7 nitrogen and oxygen atoms in total. The molecule has 0 N–H and O–H groups in total. The molecule has 23 heavy (non-hydrogen) atoms. The summed E-state index contributed by atoms with van der Waals surface area (Å²) in [5.74, 6) is -1.04. The Balaban J connectivity index is 2.28. The molecule has 0 aromatic heterocycles. The number of esters is 1. The van der Waals surface area contributed by atoms with Gasteiger partial charge in [-0.2, -0.15) is 0 Å². The van der Waals surface area contributed by atoms with Gasteiger partial charge in [0.2, 0.25) is 5.78 Å². The minimum atomic E-state index is -1.33. The normalized spacial score (nSPS) is 22.7. The van der Waals surface area contributed by atoms with Gasteiger partial charge in [-0.25, -0.2) is 4.79 Å². The first-order valence-electron chi connectivity index (χ1n) is 6.70. The van der Waals surface area contributed by atoms with Crippen LogP contribution in [0.3, 0.4) is 0 Å². The molecular formula is C16H11N3O4. The maximum Gasteiger partial charge on any atom is 0.342 e. The second-order valence-electron chi connectivity index (χ2n) is 4.87. The standard InChI is InChI=1S/C16H11N3O4/c1-22-12-9-16(8-7-11(12)20)13(10-5-3-2-4-6-10)14(18-19-17)15(21)23-16/h2-9H,1H3. The van der Waals surface area contributed by atoms with Crippen molar-refractivity contribution in [1.82, 2.24) is 0 Å². The minimum Gasteiger partial charge on any atom is -0.493 e. The molecule has 114 valence electrons. The van der Waals surface area contributed by atoms with Crippen LogP contribution in [-0.4, -0.2) is 24.5 Å².